The van der Waals surface area contributed by atoms with Crippen LogP contribution in [0.25, 0.3) is 0 Å². The summed E-state index contributed by atoms with van der Waals surface area (Å²) in [6.07, 6.45) is 3.53. The molecule has 2 atom stereocenters. The minimum absolute atomic E-state index is 0.0662. The maximum Gasteiger partial charge on any atom is 0.341 e. The molecule has 4 fully saturated rings. The number of ketones is 1. The van der Waals surface area contributed by atoms with E-state index in [1.165, 1.54) is 13.2 Å². The van der Waals surface area contributed by atoms with Crippen molar-refractivity contribution < 1.29 is 33.7 Å². The van der Waals surface area contributed by atoms with Crippen LogP contribution in [-0.4, -0.2) is 29.9 Å². The highest BCUT2D eigenvalue weighted by atomic mass is 32.2. The van der Waals surface area contributed by atoms with Gasteiger partial charge in [-0.2, -0.15) is 0 Å². The number of rotatable bonds is 5. The van der Waals surface area contributed by atoms with Gasteiger partial charge in [0, 0.05) is 17.9 Å². The number of fused-ring (bicyclic) bond motifs is 2. The molecule has 204 valence electrons. The minimum atomic E-state index is -1.09. The van der Waals surface area contributed by atoms with Crippen LogP contribution in [0.3, 0.4) is 0 Å². The van der Waals surface area contributed by atoms with Gasteiger partial charge in [0.25, 0.3) is 0 Å². The van der Waals surface area contributed by atoms with Crippen LogP contribution in [0, 0.1) is 30.1 Å². The first kappa shape index (κ1) is 25.2. The zero-order valence-corrected chi connectivity index (χ0v) is 23.1. The highest BCUT2D eigenvalue weighted by Gasteiger charge is 2.59. The maximum absolute atomic E-state index is 14.0. The SMILES string of the molecule is COc1cc(C(=O)O)c([S+]2c3ccccc3Oc3ccccc32)c(C)c1OC(=O)C12CC3CC(C1)C(=O)C(C3)C2. The van der Waals surface area contributed by atoms with Gasteiger partial charge in [-0.15, -0.1) is 0 Å². The molecule has 1 heterocycles. The standard InChI is InChI=1S/C32H28O7S/c1-17-28(39-31(36)32-14-18-11-19(15-32)27(33)20(12-18)16-32)24(37-2)13-21(30(34)35)29(17)40-25-9-5-3-7-22(25)38-23-8-4-6-10-26(23)40/h3-10,13,18-20H,11-12,14-16H2,1-2H3/p+1. The molecular formula is C32H29O7S+. The van der Waals surface area contributed by atoms with Crippen molar-refractivity contribution in [1.82, 2.24) is 0 Å². The normalized spacial score (nSPS) is 26.1. The van der Waals surface area contributed by atoms with E-state index in [0.717, 1.165) is 29.1 Å². The van der Waals surface area contributed by atoms with Crippen molar-refractivity contribution in [2.45, 2.75) is 53.7 Å². The largest absolute Gasteiger partial charge is 0.493 e. The lowest BCUT2D eigenvalue weighted by atomic mass is 9.49. The summed E-state index contributed by atoms with van der Waals surface area (Å²) in [5, 5.41) is 10.4. The van der Waals surface area contributed by atoms with Crippen LogP contribution in [0.15, 0.2) is 69.3 Å². The number of esters is 1. The fourth-order valence-corrected chi connectivity index (χ4v) is 10.0. The Morgan fingerprint density at radius 2 is 1.57 bits per heavy atom. The first-order chi connectivity index (χ1) is 19.3. The van der Waals surface area contributed by atoms with E-state index >= 15 is 0 Å². The second-order valence-electron chi connectivity index (χ2n) is 11.4. The number of methoxy groups -OCH3 is 1. The third kappa shape index (κ3) is 3.69. The predicted octanol–water partition coefficient (Wildman–Crippen LogP) is 6.20. The summed E-state index contributed by atoms with van der Waals surface area (Å²) in [5.74, 6) is 0.864. The van der Waals surface area contributed by atoms with Crippen LogP contribution in [-0.2, 0) is 20.5 Å². The van der Waals surface area contributed by atoms with Gasteiger partial charge in [0.05, 0.1) is 18.1 Å². The Hall–Kier alpha value is -3.78. The molecule has 7 nitrogen and oxygen atoms in total. The quantitative estimate of drug-likeness (QED) is 0.177. The topological polar surface area (TPSA) is 99.1 Å². The summed E-state index contributed by atoms with van der Waals surface area (Å²) in [7, 11) is 0.597. The van der Waals surface area contributed by atoms with Gasteiger partial charge in [-0.3, -0.25) is 9.59 Å². The summed E-state index contributed by atoms with van der Waals surface area (Å²) in [6, 6.07) is 16.7. The van der Waals surface area contributed by atoms with Crippen molar-refractivity contribution in [3.05, 3.63) is 65.7 Å². The Bertz CT molecular complexity index is 1530. The minimum Gasteiger partial charge on any atom is -0.493 e. The number of Topliss-reactive ketones (excluding diaryl/α,β-unsaturated/α-hetero) is 1. The number of carbonyl (C=O) groups is 3. The van der Waals surface area contributed by atoms with Crippen LogP contribution >= 0.6 is 0 Å². The van der Waals surface area contributed by atoms with Crippen molar-refractivity contribution in [3.63, 3.8) is 0 Å². The summed E-state index contributed by atoms with van der Waals surface area (Å²) in [6.45, 7) is 1.80. The zero-order chi connectivity index (χ0) is 27.8. The second-order valence-corrected chi connectivity index (χ2v) is 13.3. The Kier molecular flexibility index (Phi) is 5.75. The van der Waals surface area contributed by atoms with Crippen molar-refractivity contribution in [2.75, 3.05) is 7.11 Å². The molecule has 3 aromatic rings. The molecule has 1 aliphatic heterocycles. The van der Waals surface area contributed by atoms with Gasteiger partial charge in [0.15, 0.2) is 27.9 Å². The molecule has 0 radical (unpaired) electrons. The Balaban J connectivity index is 1.37. The lowest BCUT2D eigenvalue weighted by Crippen LogP contribution is -2.55. The lowest BCUT2D eigenvalue weighted by molar-refractivity contribution is -0.167. The lowest BCUT2D eigenvalue weighted by Gasteiger charge is -2.53. The summed E-state index contributed by atoms with van der Waals surface area (Å²) < 4.78 is 18.0. The molecule has 2 unspecified atom stereocenters. The number of carboxylic acid groups (broad SMARTS) is 1. The third-order valence-electron chi connectivity index (χ3n) is 9.06. The molecule has 40 heavy (non-hydrogen) atoms. The van der Waals surface area contributed by atoms with Gasteiger partial charge in [0.2, 0.25) is 9.79 Å². The van der Waals surface area contributed by atoms with E-state index in [2.05, 4.69) is 0 Å². The fourth-order valence-electron chi connectivity index (χ4n) is 7.51. The Morgan fingerprint density at radius 1 is 0.975 bits per heavy atom. The van der Waals surface area contributed by atoms with E-state index < -0.39 is 22.3 Å². The predicted molar refractivity (Wildman–Crippen MR) is 146 cm³/mol. The zero-order valence-electron chi connectivity index (χ0n) is 22.3. The smallest absolute Gasteiger partial charge is 0.341 e. The monoisotopic (exact) mass is 557 g/mol. The molecule has 0 aromatic heterocycles. The first-order valence-corrected chi connectivity index (χ1v) is 14.8. The van der Waals surface area contributed by atoms with Crippen molar-refractivity contribution in [1.29, 1.82) is 0 Å². The number of carboxylic acids is 1. The van der Waals surface area contributed by atoms with Crippen LogP contribution in [0.1, 0.15) is 48.0 Å². The second kappa shape index (κ2) is 9.13. The highest BCUT2D eigenvalue weighted by Crippen LogP contribution is 2.59. The van der Waals surface area contributed by atoms with Crippen LogP contribution < -0.4 is 14.2 Å². The maximum atomic E-state index is 14.0. The average Bonchev–Trinajstić information content (AvgIpc) is 2.95. The number of para-hydroxylation sites is 2. The van der Waals surface area contributed by atoms with Crippen molar-refractivity contribution >= 4 is 28.6 Å². The number of hydrogen-bond acceptors (Lipinski definition) is 6. The number of hydrogen-bond donors (Lipinski definition) is 1. The molecule has 4 bridgehead atoms. The Labute approximate surface area is 234 Å². The summed E-state index contributed by atoms with van der Waals surface area (Å²) >= 11 is 0. The van der Waals surface area contributed by atoms with Gasteiger partial charge in [-0.25, -0.2) is 4.79 Å². The number of benzene rings is 3. The number of carbonyl (C=O) groups excluding carboxylic acids is 2. The van der Waals surface area contributed by atoms with Crippen molar-refractivity contribution in [2.24, 2.45) is 23.2 Å². The molecule has 8 rings (SSSR count). The van der Waals surface area contributed by atoms with Crippen LogP contribution in [0.4, 0.5) is 0 Å². The molecule has 4 aliphatic carbocycles. The fraction of sp³-hybridized carbons (Fsp3) is 0.344. The van der Waals surface area contributed by atoms with Gasteiger partial charge < -0.3 is 19.3 Å². The highest BCUT2D eigenvalue weighted by molar-refractivity contribution is 7.97. The molecule has 3 aromatic carbocycles. The van der Waals surface area contributed by atoms with E-state index in [9.17, 15) is 19.5 Å². The Morgan fingerprint density at radius 3 is 2.15 bits per heavy atom. The van der Waals surface area contributed by atoms with E-state index in [4.69, 9.17) is 14.2 Å². The van der Waals surface area contributed by atoms with Gasteiger partial charge >= 0.3 is 11.9 Å². The molecule has 0 saturated heterocycles. The molecule has 0 amide bonds. The average molecular weight is 558 g/mol. The summed E-state index contributed by atoms with van der Waals surface area (Å²) in [5.41, 5.74) is -0.0571. The van der Waals surface area contributed by atoms with E-state index in [1.807, 2.05) is 48.5 Å². The van der Waals surface area contributed by atoms with Gasteiger partial charge in [-0.1, -0.05) is 24.3 Å². The molecule has 5 aliphatic rings. The molecule has 8 heteroatoms. The van der Waals surface area contributed by atoms with E-state index in [1.54, 1.807) is 6.92 Å². The molecule has 0 spiro atoms. The van der Waals surface area contributed by atoms with Crippen LogP contribution in [0.5, 0.6) is 23.0 Å². The molecule has 1 N–H and O–H groups in total. The first-order valence-electron chi connectivity index (χ1n) is 13.6. The number of ether oxygens (including phenoxy) is 3. The third-order valence-corrected chi connectivity index (χ3v) is 11.5. The molecular weight excluding hydrogens is 528 g/mol. The van der Waals surface area contributed by atoms with Gasteiger partial charge in [0.1, 0.15) is 22.2 Å². The van der Waals surface area contributed by atoms with E-state index in [0.29, 0.717) is 46.5 Å². The van der Waals surface area contributed by atoms with Gasteiger partial charge in [-0.05, 0) is 69.2 Å². The van der Waals surface area contributed by atoms with Crippen LogP contribution in [0.2, 0.25) is 0 Å². The van der Waals surface area contributed by atoms with Crippen molar-refractivity contribution in [3.8, 4) is 23.0 Å². The molecule has 4 saturated carbocycles. The summed E-state index contributed by atoms with van der Waals surface area (Å²) in [4.78, 5) is 41.7. The number of aromatic carboxylic acids is 1. The van der Waals surface area contributed by atoms with E-state index in [-0.39, 0.29) is 34.9 Å².